The van der Waals surface area contributed by atoms with Crippen LogP contribution >= 0.6 is 0 Å². The van der Waals surface area contributed by atoms with E-state index in [1.165, 1.54) is 0 Å². The number of ether oxygens (including phenoxy) is 2. The fourth-order valence-corrected chi connectivity index (χ4v) is 3.19. The van der Waals surface area contributed by atoms with Gasteiger partial charge in [-0.05, 0) is 30.7 Å². The summed E-state index contributed by atoms with van der Waals surface area (Å²) in [4.78, 5) is 18.2. The van der Waals surface area contributed by atoms with Crippen molar-refractivity contribution in [1.29, 1.82) is 0 Å². The summed E-state index contributed by atoms with van der Waals surface area (Å²) in [6.07, 6.45) is 3.56. The van der Waals surface area contributed by atoms with Gasteiger partial charge in [-0.3, -0.25) is 9.79 Å². The Morgan fingerprint density at radius 3 is 2.66 bits per heavy atom. The van der Waals surface area contributed by atoms with Crippen LogP contribution in [0.1, 0.15) is 31.2 Å². The molecule has 1 aromatic rings. The minimum Gasteiger partial charge on any atom is -0.381 e. The zero-order valence-electron chi connectivity index (χ0n) is 17.9. The molecule has 2 rings (SSSR count). The SMILES string of the molecule is CN=C(NCCCOCC1CCOCC1)NCCC(=O)N(C)Cc1ccccc1. The van der Waals surface area contributed by atoms with Gasteiger partial charge in [0, 0.05) is 66.6 Å². The normalized spacial score (nSPS) is 15.2. The van der Waals surface area contributed by atoms with Crippen LogP contribution in [0.2, 0.25) is 0 Å². The van der Waals surface area contributed by atoms with Gasteiger partial charge in [-0.25, -0.2) is 0 Å². The van der Waals surface area contributed by atoms with Gasteiger partial charge in [0.15, 0.2) is 5.96 Å². The molecule has 0 radical (unpaired) electrons. The fourth-order valence-electron chi connectivity index (χ4n) is 3.19. The van der Waals surface area contributed by atoms with Crippen LogP contribution < -0.4 is 10.6 Å². The van der Waals surface area contributed by atoms with E-state index in [1.807, 2.05) is 37.4 Å². The van der Waals surface area contributed by atoms with Crippen molar-refractivity contribution < 1.29 is 14.3 Å². The van der Waals surface area contributed by atoms with Gasteiger partial charge in [0.25, 0.3) is 0 Å². The Morgan fingerprint density at radius 2 is 1.93 bits per heavy atom. The van der Waals surface area contributed by atoms with Crippen molar-refractivity contribution in [2.24, 2.45) is 10.9 Å². The average Bonchev–Trinajstić information content (AvgIpc) is 2.76. The number of nitrogens with one attached hydrogen (secondary N) is 2. The third kappa shape index (κ3) is 9.76. The van der Waals surface area contributed by atoms with E-state index in [9.17, 15) is 4.79 Å². The van der Waals surface area contributed by atoms with Crippen molar-refractivity contribution >= 4 is 11.9 Å². The van der Waals surface area contributed by atoms with Gasteiger partial charge in [0.1, 0.15) is 0 Å². The Bertz CT molecular complexity index is 603. The van der Waals surface area contributed by atoms with Gasteiger partial charge >= 0.3 is 0 Å². The molecule has 7 heteroatoms. The topological polar surface area (TPSA) is 75.2 Å². The van der Waals surface area contributed by atoms with E-state index in [0.717, 1.165) is 57.8 Å². The molecule has 162 valence electrons. The van der Waals surface area contributed by atoms with Crippen molar-refractivity contribution in [3.63, 3.8) is 0 Å². The molecule has 0 aromatic heterocycles. The van der Waals surface area contributed by atoms with E-state index >= 15 is 0 Å². The molecule has 1 aliphatic heterocycles. The molecule has 1 aromatic carbocycles. The van der Waals surface area contributed by atoms with E-state index < -0.39 is 0 Å². The first kappa shape index (κ1) is 23.2. The van der Waals surface area contributed by atoms with Crippen LogP contribution in [0.25, 0.3) is 0 Å². The van der Waals surface area contributed by atoms with Crippen LogP contribution in [-0.4, -0.2) is 70.4 Å². The van der Waals surface area contributed by atoms with Crippen LogP contribution in [0, 0.1) is 5.92 Å². The monoisotopic (exact) mass is 404 g/mol. The summed E-state index contributed by atoms with van der Waals surface area (Å²) >= 11 is 0. The zero-order valence-corrected chi connectivity index (χ0v) is 17.9. The largest absolute Gasteiger partial charge is 0.381 e. The number of hydrogen-bond donors (Lipinski definition) is 2. The zero-order chi connectivity index (χ0) is 20.7. The van der Waals surface area contributed by atoms with Crippen molar-refractivity contribution in [3.05, 3.63) is 35.9 Å². The molecule has 1 fully saturated rings. The number of carbonyl (C=O) groups is 1. The molecule has 1 amide bonds. The molecule has 0 saturated carbocycles. The smallest absolute Gasteiger partial charge is 0.224 e. The van der Waals surface area contributed by atoms with Crippen LogP contribution in [0.5, 0.6) is 0 Å². The summed E-state index contributed by atoms with van der Waals surface area (Å²) in [6, 6.07) is 10.0. The van der Waals surface area contributed by atoms with Gasteiger partial charge in [-0.15, -0.1) is 0 Å². The maximum absolute atomic E-state index is 12.3. The van der Waals surface area contributed by atoms with Crippen molar-refractivity contribution in [2.75, 3.05) is 53.6 Å². The lowest BCUT2D eigenvalue weighted by Gasteiger charge is -2.21. The van der Waals surface area contributed by atoms with Gasteiger partial charge in [-0.2, -0.15) is 0 Å². The minimum atomic E-state index is 0.110. The van der Waals surface area contributed by atoms with Crippen LogP contribution in [-0.2, 0) is 20.8 Å². The highest BCUT2D eigenvalue weighted by molar-refractivity contribution is 5.81. The number of benzene rings is 1. The fraction of sp³-hybridized carbons (Fsp3) is 0.636. The molecular weight excluding hydrogens is 368 g/mol. The number of guanidine groups is 1. The van der Waals surface area contributed by atoms with Gasteiger partial charge in [-0.1, -0.05) is 30.3 Å². The molecule has 2 N–H and O–H groups in total. The first-order chi connectivity index (χ1) is 14.2. The van der Waals surface area contributed by atoms with E-state index in [0.29, 0.717) is 31.4 Å². The highest BCUT2D eigenvalue weighted by atomic mass is 16.5. The Morgan fingerprint density at radius 1 is 1.21 bits per heavy atom. The Kier molecular flexibility index (Phi) is 11.1. The summed E-state index contributed by atoms with van der Waals surface area (Å²) in [5, 5.41) is 6.46. The second-order valence-corrected chi connectivity index (χ2v) is 7.40. The number of amides is 1. The number of rotatable bonds is 11. The van der Waals surface area contributed by atoms with Crippen LogP contribution in [0.15, 0.2) is 35.3 Å². The second kappa shape index (κ2) is 14.0. The molecule has 0 bridgehead atoms. The van der Waals surface area contributed by atoms with E-state index in [-0.39, 0.29) is 5.91 Å². The summed E-state index contributed by atoms with van der Waals surface area (Å²) in [5.41, 5.74) is 1.13. The summed E-state index contributed by atoms with van der Waals surface area (Å²) in [5.74, 6) is 1.47. The second-order valence-electron chi connectivity index (χ2n) is 7.40. The Hall–Kier alpha value is -2.12. The molecule has 0 atom stereocenters. The van der Waals surface area contributed by atoms with E-state index in [2.05, 4.69) is 15.6 Å². The molecule has 1 aliphatic rings. The van der Waals surface area contributed by atoms with Gasteiger partial charge < -0.3 is 25.0 Å². The minimum absolute atomic E-state index is 0.110. The predicted octanol–water partition coefficient (Wildman–Crippen LogP) is 2.03. The molecule has 7 nitrogen and oxygen atoms in total. The standard InChI is InChI=1S/C22H36N4O3/c1-23-22(24-12-6-14-29-18-20-10-15-28-16-11-20)25-13-9-21(27)26(2)17-19-7-4-3-5-8-19/h3-5,7-8,20H,6,9-18H2,1-2H3,(H2,23,24,25). The predicted molar refractivity (Wildman–Crippen MR) is 116 cm³/mol. The third-order valence-electron chi connectivity index (χ3n) is 5.00. The highest BCUT2D eigenvalue weighted by Gasteiger charge is 2.13. The lowest BCUT2D eigenvalue weighted by molar-refractivity contribution is -0.130. The maximum Gasteiger partial charge on any atom is 0.224 e. The number of hydrogen-bond acceptors (Lipinski definition) is 4. The summed E-state index contributed by atoms with van der Waals surface area (Å²) in [7, 11) is 3.57. The number of carbonyl (C=O) groups excluding carboxylic acids is 1. The number of nitrogens with zero attached hydrogens (tertiary/aromatic N) is 2. The van der Waals surface area contributed by atoms with Gasteiger partial charge in [0.2, 0.25) is 5.91 Å². The first-order valence-electron chi connectivity index (χ1n) is 10.6. The quantitative estimate of drug-likeness (QED) is 0.335. The summed E-state index contributed by atoms with van der Waals surface area (Å²) in [6.45, 7) is 5.26. The lowest BCUT2D eigenvalue weighted by Crippen LogP contribution is -2.40. The van der Waals surface area contributed by atoms with Crippen molar-refractivity contribution in [2.45, 2.75) is 32.2 Å². The van der Waals surface area contributed by atoms with Gasteiger partial charge in [0.05, 0.1) is 0 Å². The molecular formula is C22H36N4O3. The molecule has 0 spiro atoms. The summed E-state index contributed by atoms with van der Waals surface area (Å²) < 4.78 is 11.1. The first-order valence-corrected chi connectivity index (χ1v) is 10.6. The maximum atomic E-state index is 12.3. The lowest BCUT2D eigenvalue weighted by atomic mass is 10.0. The molecule has 0 unspecified atom stereocenters. The van der Waals surface area contributed by atoms with Crippen molar-refractivity contribution in [1.82, 2.24) is 15.5 Å². The Labute approximate surface area is 174 Å². The Balaban J connectivity index is 1.51. The molecule has 29 heavy (non-hydrogen) atoms. The van der Waals surface area contributed by atoms with Crippen molar-refractivity contribution in [3.8, 4) is 0 Å². The number of aliphatic imine (C=N–C) groups is 1. The van der Waals surface area contributed by atoms with E-state index in [1.54, 1.807) is 11.9 Å². The van der Waals surface area contributed by atoms with Crippen LogP contribution in [0.3, 0.4) is 0 Å². The van der Waals surface area contributed by atoms with Crippen LogP contribution in [0.4, 0.5) is 0 Å². The molecule has 1 saturated heterocycles. The average molecular weight is 405 g/mol. The van der Waals surface area contributed by atoms with E-state index in [4.69, 9.17) is 9.47 Å². The highest BCUT2D eigenvalue weighted by Crippen LogP contribution is 2.14. The molecule has 0 aliphatic carbocycles. The molecule has 1 heterocycles. The third-order valence-corrected chi connectivity index (χ3v) is 5.00.